The summed E-state index contributed by atoms with van der Waals surface area (Å²) in [6.45, 7) is 6.42. The van der Waals surface area contributed by atoms with Gasteiger partial charge in [-0.2, -0.15) is 11.8 Å². The normalized spacial score (nSPS) is 10.6. The molecule has 94 valence electrons. The van der Waals surface area contributed by atoms with Crippen molar-refractivity contribution in [1.29, 1.82) is 0 Å². The first-order valence-corrected chi connectivity index (χ1v) is 6.70. The zero-order valence-corrected chi connectivity index (χ0v) is 11.3. The Balaban J connectivity index is 2.61. The molecule has 4 heteroatoms. The minimum absolute atomic E-state index is 0.0242. The van der Waals surface area contributed by atoms with E-state index in [0.29, 0.717) is 28.9 Å². The maximum atomic E-state index is 11.4. The second-order valence-electron chi connectivity index (χ2n) is 4.08. The van der Waals surface area contributed by atoms with Crippen LogP contribution in [0.3, 0.4) is 0 Å². The third-order valence-electron chi connectivity index (χ3n) is 2.17. The molecule has 2 N–H and O–H groups in total. The van der Waals surface area contributed by atoms with E-state index in [1.165, 1.54) is 6.92 Å². The van der Waals surface area contributed by atoms with Crippen LogP contribution in [0, 0.1) is 0 Å². The van der Waals surface area contributed by atoms with E-state index >= 15 is 0 Å². The average molecular weight is 253 g/mol. The molecule has 0 aliphatic rings. The molecule has 0 saturated heterocycles. The third-order valence-corrected chi connectivity index (χ3v) is 3.24. The lowest BCUT2D eigenvalue weighted by Gasteiger charge is -2.11. The lowest BCUT2D eigenvalue weighted by atomic mass is 10.1. The highest BCUT2D eigenvalue weighted by molar-refractivity contribution is 7.99. The summed E-state index contributed by atoms with van der Waals surface area (Å²) in [5, 5.41) is 0.595. The predicted octanol–water partition coefficient (Wildman–Crippen LogP) is 2.99. The number of hydrogen-bond acceptors (Lipinski definition) is 4. The molecule has 0 amide bonds. The van der Waals surface area contributed by atoms with E-state index < -0.39 is 0 Å². The first kappa shape index (κ1) is 13.9. The highest BCUT2D eigenvalue weighted by Gasteiger charge is 2.08. The van der Waals surface area contributed by atoms with E-state index in [9.17, 15) is 4.79 Å². The van der Waals surface area contributed by atoms with Crippen molar-refractivity contribution in [3.8, 4) is 5.75 Å². The summed E-state index contributed by atoms with van der Waals surface area (Å²) in [5.41, 5.74) is 6.79. The number of carbonyl (C=O) groups excluding carboxylic acids is 1. The smallest absolute Gasteiger partial charge is 0.163 e. The molecule has 0 fully saturated rings. The van der Waals surface area contributed by atoms with E-state index in [-0.39, 0.29) is 5.78 Å². The summed E-state index contributed by atoms with van der Waals surface area (Å²) in [4.78, 5) is 11.4. The van der Waals surface area contributed by atoms with Gasteiger partial charge in [0.2, 0.25) is 0 Å². The standard InChI is InChI=1S/C13H19NO2S/c1-9(2)17-7-6-16-13-5-4-11(14)8-12(13)10(3)15/h4-5,8-9H,6-7,14H2,1-3H3. The number of carbonyl (C=O) groups is 1. The summed E-state index contributed by atoms with van der Waals surface area (Å²) >= 11 is 1.83. The fourth-order valence-electron chi connectivity index (χ4n) is 1.38. The molecule has 0 aromatic heterocycles. The van der Waals surface area contributed by atoms with Crippen LogP contribution >= 0.6 is 11.8 Å². The Bertz CT molecular complexity index is 391. The molecule has 0 bridgehead atoms. The molecular weight excluding hydrogens is 234 g/mol. The number of ketones is 1. The summed E-state index contributed by atoms with van der Waals surface area (Å²) in [5.74, 6) is 1.51. The molecule has 0 heterocycles. The van der Waals surface area contributed by atoms with Gasteiger partial charge < -0.3 is 10.5 Å². The van der Waals surface area contributed by atoms with Gasteiger partial charge in [-0.05, 0) is 30.4 Å². The highest BCUT2D eigenvalue weighted by atomic mass is 32.2. The first-order chi connectivity index (χ1) is 8.00. The number of ether oxygens (including phenoxy) is 1. The summed E-state index contributed by atoms with van der Waals surface area (Å²) in [7, 11) is 0. The van der Waals surface area contributed by atoms with E-state index in [0.717, 1.165) is 5.75 Å². The number of nitrogen functional groups attached to an aromatic ring is 1. The molecule has 0 saturated carbocycles. The van der Waals surface area contributed by atoms with Gasteiger partial charge in [0.1, 0.15) is 5.75 Å². The van der Waals surface area contributed by atoms with Gasteiger partial charge in [0.05, 0.1) is 12.2 Å². The Kier molecular flexibility index (Phi) is 5.35. The molecule has 1 rings (SSSR count). The summed E-state index contributed by atoms with van der Waals surface area (Å²) in [6, 6.07) is 5.16. The minimum atomic E-state index is -0.0242. The number of thioether (sulfide) groups is 1. The van der Waals surface area contributed by atoms with E-state index in [1.807, 2.05) is 11.8 Å². The van der Waals surface area contributed by atoms with Crippen LogP contribution in [0.2, 0.25) is 0 Å². The second-order valence-corrected chi connectivity index (χ2v) is 5.76. The molecular formula is C13H19NO2S. The SMILES string of the molecule is CC(=O)c1cc(N)ccc1OCCSC(C)C. The second kappa shape index (κ2) is 6.55. The van der Waals surface area contributed by atoms with E-state index in [2.05, 4.69) is 13.8 Å². The fourth-order valence-corrected chi connectivity index (χ4v) is 2.03. The van der Waals surface area contributed by atoms with Crippen molar-refractivity contribution < 1.29 is 9.53 Å². The topological polar surface area (TPSA) is 52.3 Å². The molecule has 0 spiro atoms. The summed E-state index contributed by atoms with van der Waals surface area (Å²) in [6.07, 6.45) is 0. The summed E-state index contributed by atoms with van der Waals surface area (Å²) < 4.78 is 5.61. The van der Waals surface area contributed by atoms with Crippen molar-refractivity contribution in [2.45, 2.75) is 26.0 Å². The van der Waals surface area contributed by atoms with Crippen LogP contribution < -0.4 is 10.5 Å². The minimum Gasteiger partial charge on any atom is -0.492 e. The van der Waals surface area contributed by atoms with Crippen LogP contribution in [0.1, 0.15) is 31.1 Å². The maximum Gasteiger partial charge on any atom is 0.163 e. The quantitative estimate of drug-likeness (QED) is 0.481. The molecule has 0 radical (unpaired) electrons. The van der Waals surface area contributed by atoms with Crippen LogP contribution in [0.4, 0.5) is 5.69 Å². The van der Waals surface area contributed by atoms with Crippen molar-refractivity contribution in [2.75, 3.05) is 18.1 Å². The fraction of sp³-hybridized carbons (Fsp3) is 0.462. The van der Waals surface area contributed by atoms with Gasteiger partial charge in [-0.1, -0.05) is 13.8 Å². The zero-order chi connectivity index (χ0) is 12.8. The van der Waals surface area contributed by atoms with Gasteiger partial charge >= 0.3 is 0 Å². The number of nitrogens with two attached hydrogens (primary N) is 1. The van der Waals surface area contributed by atoms with Crippen LogP contribution in [-0.2, 0) is 0 Å². The van der Waals surface area contributed by atoms with E-state index in [4.69, 9.17) is 10.5 Å². The Hall–Kier alpha value is -1.16. The van der Waals surface area contributed by atoms with Gasteiger partial charge in [0.15, 0.2) is 5.78 Å². The molecule has 0 atom stereocenters. The lowest BCUT2D eigenvalue weighted by molar-refractivity contribution is 0.101. The Morgan fingerprint density at radius 1 is 1.47 bits per heavy atom. The van der Waals surface area contributed by atoms with Gasteiger partial charge in [0, 0.05) is 11.4 Å². The maximum absolute atomic E-state index is 11.4. The lowest BCUT2D eigenvalue weighted by Crippen LogP contribution is -2.06. The van der Waals surface area contributed by atoms with Crippen molar-refractivity contribution in [3.63, 3.8) is 0 Å². The van der Waals surface area contributed by atoms with Crippen molar-refractivity contribution >= 4 is 23.2 Å². The largest absolute Gasteiger partial charge is 0.492 e. The number of rotatable bonds is 6. The number of benzene rings is 1. The van der Waals surface area contributed by atoms with Crippen molar-refractivity contribution in [1.82, 2.24) is 0 Å². The highest BCUT2D eigenvalue weighted by Crippen LogP contribution is 2.22. The first-order valence-electron chi connectivity index (χ1n) is 5.65. The van der Waals surface area contributed by atoms with Gasteiger partial charge in [-0.15, -0.1) is 0 Å². The van der Waals surface area contributed by atoms with Gasteiger partial charge in [-0.3, -0.25) is 4.79 Å². The van der Waals surface area contributed by atoms with Crippen LogP contribution in [0.15, 0.2) is 18.2 Å². The Morgan fingerprint density at radius 3 is 2.76 bits per heavy atom. The van der Waals surface area contributed by atoms with Gasteiger partial charge in [0.25, 0.3) is 0 Å². The molecule has 3 nitrogen and oxygen atoms in total. The number of anilines is 1. The zero-order valence-electron chi connectivity index (χ0n) is 10.5. The van der Waals surface area contributed by atoms with Crippen LogP contribution in [0.25, 0.3) is 0 Å². The molecule has 0 aliphatic heterocycles. The number of hydrogen-bond donors (Lipinski definition) is 1. The molecule has 1 aromatic carbocycles. The monoisotopic (exact) mass is 253 g/mol. The molecule has 17 heavy (non-hydrogen) atoms. The third kappa shape index (κ3) is 4.69. The van der Waals surface area contributed by atoms with Gasteiger partial charge in [-0.25, -0.2) is 0 Å². The van der Waals surface area contributed by atoms with Crippen LogP contribution in [-0.4, -0.2) is 23.4 Å². The van der Waals surface area contributed by atoms with Crippen molar-refractivity contribution in [2.24, 2.45) is 0 Å². The predicted molar refractivity (Wildman–Crippen MR) is 73.9 cm³/mol. The molecule has 0 unspecified atom stereocenters. The average Bonchev–Trinajstić information content (AvgIpc) is 2.25. The Morgan fingerprint density at radius 2 is 2.18 bits per heavy atom. The number of Topliss-reactive ketones (excluding diaryl/α,β-unsaturated/α-hetero) is 1. The van der Waals surface area contributed by atoms with Crippen LogP contribution in [0.5, 0.6) is 5.75 Å². The Labute approximate surface area is 107 Å². The molecule has 1 aromatic rings. The van der Waals surface area contributed by atoms with Crippen molar-refractivity contribution in [3.05, 3.63) is 23.8 Å². The van der Waals surface area contributed by atoms with E-state index in [1.54, 1.807) is 18.2 Å². The molecule has 0 aliphatic carbocycles.